The van der Waals surface area contributed by atoms with E-state index >= 15 is 0 Å². The summed E-state index contributed by atoms with van der Waals surface area (Å²) in [7, 11) is 0. The van der Waals surface area contributed by atoms with Gasteiger partial charge in [0.15, 0.2) is 0 Å². The summed E-state index contributed by atoms with van der Waals surface area (Å²) in [5, 5.41) is 20.4. The number of aliphatic hydroxyl groups excluding tert-OH is 1. The number of nitriles is 1. The molecule has 3 rings (SSSR count). The Labute approximate surface area is 118 Å². The Morgan fingerprint density at radius 1 is 1.25 bits per heavy atom. The normalized spacial score (nSPS) is 17.2. The Kier molecular flexibility index (Phi) is 3.04. The number of hydrogen-bond acceptors (Lipinski definition) is 3. The second kappa shape index (κ2) is 4.73. The van der Waals surface area contributed by atoms with Crippen LogP contribution in [0, 0.1) is 23.7 Å². The molecule has 1 aromatic heterocycles. The van der Waals surface area contributed by atoms with Crippen LogP contribution in [0.4, 0.5) is 0 Å². The first-order valence-electron chi connectivity index (χ1n) is 6.73. The number of aliphatic hydroxyl groups is 1. The van der Waals surface area contributed by atoms with Crippen molar-refractivity contribution in [2.24, 2.45) is 5.41 Å². The molecule has 0 spiro atoms. The number of rotatable bonds is 2. The molecule has 1 heterocycles. The molecule has 0 amide bonds. The van der Waals surface area contributed by atoms with Crippen LogP contribution < -0.4 is 0 Å². The lowest BCUT2D eigenvalue weighted by Crippen LogP contribution is -2.28. The maximum atomic E-state index is 10.8. The van der Waals surface area contributed by atoms with Crippen molar-refractivity contribution < 1.29 is 5.11 Å². The van der Waals surface area contributed by atoms with E-state index in [1.807, 2.05) is 37.3 Å². The molecule has 0 radical (unpaired) electrons. The van der Waals surface area contributed by atoms with Crippen LogP contribution in [0.15, 0.2) is 42.7 Å². The number of benzene rings is 1. The van der Waals surface area contributed by atoms with Crippen LogP contribution >= 0.6 is 0 Å². The minimum atomic E-state index is -0.811. The summed E-state index contributed by atoms with van der Waals surface area (Å²) in [6.07, 6.45) is 3.74. The standard InChI is InChI=1S/C17H16N2O/c1-12-6-7-19-10-15(12)16(20)17(11-18)8-13-4-2-3-5-14(13)9-17/h2-7,10,16,20H,8-9H2,1H3. The molecular weight excluding hydrogens is 248 g/mol. The summed E-state index contributed by atoms with van der Waals surface area (Å²) in [5.41, 5.74) is 3.27. The van der Waals surface area contributed by atoms with Crippen molar-refractivity contribution in [1.82, 2.24) is 4.98 Å². The Balaban J connectivity index is 2.01. The molecule has 1 aromatic carbocycles. The predicted molar refractivity (Wildman–Crippen MR) is 75.8 cm³/mol. The topological polar surface area (TPSA) is 56.9 Å². The third-order valence-corrected chi connectivity index (χ3v) is 4.25. The zero-order valence-electron chi connectivity index (χ0n) is 11.4. The molecule has 20 heavy (non-hydrogen) atoms. The third kappa shape index (κ3) is 1.90. The molecule has 3 heteroatoms. The van der Waals surface area contributed by atoms with Gasteiger partial charge in [-0.25, -0.2) is 0 Å². The van der Waals surface area contributed by atoms with Gasteiger partial charge in [0.2, 0.25) is 0 Å². The molecule has 0 saturated carbocycles. The lowest BCUT2D eigenvalue weighted by molar-refractivity contribution is 0.0685. The number of aryl methyl sites for hydroxylation is 1. The van der Waals surface area contributed by atoms with Crippen molar-refractivity contribution in [2.45, 2.75) is 25.9 Å². The molecule has 1 unspecified atom stereocenters. The van der Waals surface area contributed by atoms with E-state index in [-0.39, 0.29) is 0 Å². The SMILES string of the molecule is Cc1ccncc1C(O)C1(C#N)Cc2ccccc2C1. The Morgan fingerprint density at radius 3 is 2.45 bits per heavy atom. The molecule has 0 aliphatic heterocycles. The van der Waals surface area contributed by atoms with Crippen LogP contribution in [-0.4, -0.2) is 10.1 Å². The fourth-order valence-corrected chi connectivity index (χ4v) is 3.04. The van der Waals surface area contributed by atoms with Crippen LogP contribution in [0.5, 0.6) is 0 Å². The van der Waals surface area contributed by atoms with Gasteiger partial charge in [0.25, 0.3) is 0 Å². The molecule has 1 aliphatic carbocycles. The first-order chi connectivity index (χ1) is 9.66. The Hall–Kier alpha value is -2.18. The van der Waals surface area contributed by atoms with Crippen LogP contribution in [0.2, 0.25) is 0 Å². The first-order valence-corrected chi connectivity index (χ1v) is 6.73. The maximum Gasteiger partial charge on any atom is 0.1000 e. The highest BCUT2D eigenvalue weighted by atomic mass is 16.3. The van der Waals surface area contributed by atoms with Crippen molar-refractivity contribution in [3.63, 3.8) is 0 Å². The van der Waals surface area contributed by atoms with E-state index in [4.69, 9.17) is 0 Å². The van der Waals surface area contributed by atoms with Crippen molar-refractivity contribution in [2.75, 3.05) is 0 Å². The van der Waals surface area contributed by atoms with Crippen molar-refractivity contribution in [3.8, 4) is 6.07 Å². The summed E-state index contributed by atoms with van der Waals surface area (Å²) >= 11 is 0. The maximum absolute atomic E-state index is 10.8. The first kappa shape index (κ1) is 12.8. The van der Waals surface area contributed by atoms with Gasteiger partial charge in [0.05, 0.1) is 17.6 Å². The average Bonchev–Trinajstić information content (AvgIpc) is 2.87. The minimum Gasteiger partial charge on any atom is -0.387 e. The average molecular weight is 264 g/mol. The number of fused-ring (bicyclic) bond motifs is 1. The van der Waals surface area contributed by atoms with Crippen LogP contribution in [0.1, 0.15) is 28.4 Å². The van der Waals surface area contributed by atoms with Crippen LogP contribution in [0.25, 0.3) is 0 Å². The largest absolute Gasteiger partial charge is 0.387 e. The van der Waals surface area contributed by atoms with Gasteiger partial charge in [-0.1, -0.05) is 24.3 Å². The van der Waals surface area contributed by atoms with Gasteiger partial charge in [-0.05, 0) is 42.5 Å². The Morgan fingerprint density at radius 2 is 1.90 bits per heavy atom. The van der Waals surface area contributed by atoms with Crippen molar-refractivity contribution in [1.29, 1.82) is 5.26 Å². The van der Waals surface area contributed by atoms with Crippen LogP contribution in [-0.2, 0) is 12.8 Å². The molecule has 0 fully saturated rings. The molecule has 0 saturated heterocycles. The minimum absolute atomic E-state index is 0.592. The second-order valence-electron chi connectivity index (χ2n) is 5.53. The molecule has 2 aromatic rings. The van der Waals surface area contributed by atoms with Crippen molar-refractivity contribution >= 4 is 0 Å². The van der Waals surface area contributed by atoms with E-state index in [1.54, 1.807) is 12.4 Å². The molecule has 100 valence electrons. The van der Waals surface area contributed by atoms with Gasteiger partial charge < -0.3 is 5.11 Å². The molecule has 1 N–H and O–H groups in total. The highest BCUT2D eigenvalue weighted by Gasteiger charge is 2.44. The van der Waals surface area contributed by atoms with Gasteiger partial charge in [0.1, 0.15) is 0 Å². The van der Waals surface area contributed by atoms with Gasteiger partial charge in [-0.15, -0.1) is 0 Å². The lowest BCUT2D eigenvalue weighted by atomic mass is 9.77. The predicted octanol–water partition coefficient (Wildman–Crippen LogP) is 2.73. The van der Waals surface area contributed by atoms with E-state index in [0.717, 1.165) is 22.3 Å². The zero-order chi connectivity index (χ0) is 14.2. The summed E-state index contributed by atoms with van der Waals surface area (Å²) in [6.45, 7) is 1.94. The third-order valence-electron chi connectivity index (χ3n) is 4.25. The second-order valence-corrected chi connectivity index (χ2v) is 5.53. The monoisotopic (exact) mass is 264 g/mol. The number of hydrogen-bond donors (Lipinski definition) is 1. The van der Waals surface area contributed by atoms with E-state index in [1.165, 1.54) is 0 Å². The lowest BCUT2D eigenvalue weighted by Gasteiger charge is -2.28. The number of nitrogens with zero attached hydrogens (tertiary/aromatic N) is 2. The van der Waals surface area contributed by atoms with E-state index < -0.39 is 11.5 Å². The fraction of sp³-hybridized carbons (Fsp3) is 0.294. The van der Waals surface area contributed by atoms with Crippen LogP contribution in [0.3, 0.4) is 0 Å². The highest BCUT2D eigenvalue weighted by molar-refractivity contribution is 5.40. The van der Waals surface area contributed by atoms with Gasteiger partial charge in [-0.2, -0.15) is 5.26 Å². The van der Waals surface area contributed by atoms with E-state index in [2.05, 4.69) is 11.1 Å². The molecule has 1 aliphatic rings. The van der Waals surface area contributed by atoms with E-state index in [0.29, 0.717) is 12.8 Å². The van der Waals surface area contributed by atoms with Gasteiger partial charge in [0, 0.05) is 18.0 Å². The van der Waals surface area contributed by atoms with E-state index in [9.17, 15) is 10.4 Å². The zero-order valence-corrected chi connectivity index (χ0v) is 11.4. The highest BCUT2D eigenvalue weighted by Crippen LogP contribution is 2.45. The molecular formula is C17H16N2O. The summed E-state index contributed by atoms with van der Waals surface area (Å²) in [6, 6.07) is 12.3. The molecule has 1 atom stereocenters. The smallest absolute Gasteiger partial charge is 0.1000 e. The summed E-state index contributed by atoms with van der Waals surface area (Å²) in [4.78, 5) is 4.08. The summed E-state index contributed by atoms with van der Waals surface area (Å²) in [5.74, 6) is 0. The van der Waals surface area contributed by atoms with Gasteiger partial charge >= 0.3 is 0 Å². The number of pyridine rings is 1. The molecule has 3 nitrogen and oxygen atoms in total. The quantitative estimate of drug-likeness (QED) is 0.907. The number of aromatic nitrogens is 1. The van der Waals surface area contributed by atoms with Gasteiger partial charge in [-0.3, -0.25) is 4.98 Å². The summed E-state index contributed by atoms with van der Waals surface area (Å²) < 4.78 is 0. The Bertz CT molecular complexity index is 662. The fourth-order valence-electron chi connectivity index (χ4n) is 3.04. The molecule has 0 bridgehead atoms. The van der Waals surface area contributed by atoms with Crippen molar-refractivity contribution in [3.05, 3.63) is 65.0 Å².